The van der Waals surface area contributed by atoms with E-state index >= 15 is 0 Å². The standard InChI is InChI=1S/C8H10Br2N2O/c1-12(2-3-13)8-6(9)4-11-5-7(8)10/h4-5,13H,2-3H2,1H3. The second-order valence-electron chi connectivity index (χ2n) is 2.60. The highest BCUT2D eigenvalue weighted by Crippen LogP contribution is 2.31. The van der Waals surface area contributed by atoms with Gasteiger partial charge in [-0.3, -0.25) is 4.98 Å². The van der Waals surface area contributed by atoms with Crippen molar-refractivity contribution in [3.8, 4) is 0 Å². The van der Waals surface area contributed by atoms with Crippen LogP contribution < -0.4 is 4.90 Å². The Hall–Kier alpha value is -0.130. The molecule has 13 heavy (non-hydrogen) atoms. The summed E-state index contributed by atoms with van der Waals surface area (Å²) in [4.78, 5) is 5.96. The third kappa shape index (κ3) is 2.65. The van der Waals surface area contributed by atoms with Gasteiger partial charge in [0.1, 0.15) is 0 Å². The quantitative estimate of drug-likeness (QED) is 0.928. The minimum Gasteiger partial charge on any atom is -0.395 e. The van der Waals surface area contributed by atoms with Crippen molar-refractivity contribution in [2.75, 3.05) is 25.1 Å². The Morgan fingerprint density at radius 1 is 1.38 bits per heavy atom. The number of anilines is 1. The highest BCUT2D eigenvalue weighted by molar-refractivity contribution is 9.11. The summed E-state index contributed by atoms with van der Waals surface area (Å²) < 4.78 is 1.83. The molecule has 0 aliphatic rings. The Balaban J connectivity index is 2.98. The number of hydrogen-bond donors (Lipinski definition) is 1. The van der Waals surface area contributed by atoms with Crippen molar-refractivity contribution in [1.82, 2.24) is 4.98 Å². The lowest BCUT2D eigenvalue weighted by Gasteiger charge is -2.20. The SMILES string of the molecule is CN(CCO)c1c(Br)cncc1Br. The summed E-state index contributed by atoms with van der Waals surface area (Å²) in [7, 11) is 1.92. The number of aliphatic hydroxyl groups excluding tert-OH is 1. The van der Waals surface area contributed by atoms with Gasteiger partial charge in [-0.05, 0) is 31.9 Å². The smallest absolute Gasteiger partial charge is 0.0684 e. The van der Waals surface area contributed by atoms with Gasteiger partial charge in [0.2, 0.25) is 0 Å². The number of pyridine rings is 1. The predicted molar refractivity (Wildman–Crippen MR) is 60.0 cm³/mol. The molecule has 1 rings (SSSR count). The molecule has 1 N–H and O–H groups in total. The van der Waals surface area contributed by atoms with Crippen LogP contribution in [-0.2, 0) is 0 Å². The molecule has 72 valence electrons. The van der Waals surface area contributed by atoms with Gasteiger partial charge in [-0.15, -0.1) is 0 Å². The fraction of sp³-hybridized carbons (Fsp3) is 0.375. The zero-order chi connectivity index (χ0) is 9.84. The molecule has 5 heteroatoms. The molecule has 0 aromatic carbocycles. The van der Waals surface area contributed by atoms with Crippen molar-refractivity contribution in [3.05, 3.63) is 21.3 Å². The summed E-state index contributed by atoms with van der Waals surface area (Å²) in [6.45, 7) is 0.735. The van der Waals surface area contributed by atoms with Crippen LogP contribution in [0, 0.1) is 0 Å². The number of aromatic nitrogens is 1. The van der Waals surface area contributed by atoms with Crippen molar-refractivity contribution >= 4 is 37.5 Å². The Labute approximate surface area is 94.0 Å². The number of hydrogen-bond acceptors (Lipinski definition) is 3. The molecule has 0 atom stereocenters. The van der Waals surface area contributed by atoms with Crippen molar-refractivity contribution in [2.24, 2.45) is 0 Å². The van der Waals surface area contributed by atoms with Crippen LogP contribution in [-0.4, -0.2) is 30.3 Å². The van der Waals surface area contributed by atoms with Gasteiger partial charge in [-0.1, -0.05) is 0 Å². The molecule has 1 heterocycles. The van der Waals surface area contributed by atoms with Crippen molar-refractivity contribution in [1.29, 1.82) is 0 Å². The van der Waals surface area contributed by atoms with Crippen molar-refractivity contribution < 1.29 is 5.11 Å². The second-order valence-corrected chi connectivity index (χ2v) is 4.31. The molecule has 1 aromatic heterocycles. The average molecular weight is 310 g/mol. The third-order valence-electron chi connectivity index (χ3n) is 1.65. The monoisotopic (exact) mass is 308 g/mol. The van der Waals surface area contributed by atoms with Crippen LogP contribution in [0.25, 0.3) is 0 Å². The molecule has 0 bridgehead atoms. The van der Waals surface area contributed by atoms with Gasteiger partial charge in [-0.2, -0.15) is 0 Å². The maximum Gasteiger partial charge on any atom is 0.0684 e. The number of likely N-dealkylation sites (N-methyl/N-ethyl adjacent to an activating group) is 1. The summed E-state index contributed by atoms with van der Waals surface area (Å²) in [5.41, 5.74) is 1.00. The predicted octanol–water partition coefficient (Wildman–Crippen LogP) is 2.04. The second kappa shape index (κ2) is 4.93. The van der Waals surface area contributed by atoms with Crippen LogP contribution in [0.5, 0.6) is 0 Å². The van der Waals surface area contributed by atoms with Gasteiger partial charge >= 0.3 is 0 Å². The van der Waals surface area contributed by atoms with Gasteiger partial charge < -0.3 is 10.0 Å². The van der Waals surface area contributed by atoms with E-state index < -0.39 is 0 Å². The normalized spacial score (nSPS) is 10.2. The molecule has 0 aliphatic carbocycles. The minimum atomic E-state index is 0.137. The maximum absolute atomic E-state index is 8.79. The first-order valence-corrected chi connectivity index (χ1v) is 5.36. The Kier molecular flexibility index (Phi) is 4.15. The van der Waals surface area contributed by atoms with Gasteiger partial charge in [-0.25, -0.2) is 0 Å². The molecule has 3 nitrogen and oxygen atoms in total. The van der Waals surface area contributed by atoms with E-state index in [9.17, 15) is 0 Å². The molecule has 0 fully saturated rings. The Morgan fingerprint density at radius 3 is 2.38 bits per heavy atom. The largest absolute Gasteiger partial charge is 0.395 e. The lowest BCUT2D eigenvalue weighted by Crippen LogP contribution is -2.22. The molecule has 0 spiro atoms. The molecule has 0 aliphatic heterocycles. The highest BCUT2D eigenvalue weighted by Gasteiger charge is 2.09. The molecule has 1 aromatic rings. The highest BCUT2D eigenvalue weighted by atomic mass is 79.9. The molecule has 0 radical (unpaired) electrons. The van der Waals surface area contributed by atoms with Gasteiger partial charge in [0.15, 0.2) is 0 Å². The zero-order valence-electron chi connectivity index (χ0n) is 7.17. The van der Waals surface area contributed by atoms with Gasteiger partial charge in [0.25, 0.3) is 0 Å². The molecular formula is C8H10Br2N2O. The minimum absolute atomic E-state index is 0.137. The molecule has 0 amide bonds. The molecule has 0 unspecified atom stereocenters. The first-order valence-electron chi connectivity index (χ1n) is 3.77. The first-order chi connectivity index (χ1) is 6.16. The van der Waals surface area contributed by atoms with Gasteiger partial charge in [0, 0.05) is 26.0 Å². The van der Waals surface area contributed by atoms with Crippen LogP contribution in [0.3, 0.4) is 0 Å². The summed E-state index contributed by atoms with van der Waals surface area (Å²) >= 11 is 6.80. The Bertz CT molecular complexity index is 273. The summed E-state index contributed by atoms with van der Waals surface area (Å²) in [6.07, 6.45) is 3.46. The van der Waals surface area contributed by atoms with Crippen LogP contribution in [0.2, 0.25) is 0 Å². The fourth-order valence-electron chi connectivity index (χ4n) is 1.03. The van der Waals surface area contributed by atoms with Crippen LogP contribution in [0.15, 0.2) is 21.3 Å². The van der Waals surface area contributed by atoms with Crippen molar-refractivity contribution in [3.63, 3.8) is 0 Å². The Morgan fingerprint density at radius 2 is 1.92 bits per heavy atom. The number of rotatable bonds is 3. The van der Waals surface area contributed by atoms with E-state index in [0.29, 0.717) is 6.54 Å². The van der Waals surface area contributed by atoms with E-state index in [-0.39, 0.29) is 6.61 Å². The van der Waals surface area contributed by atoms with Crippen LogP contribution >= 0.6 is 31.9 Å². The van der Waals surface area contributed by atoms with Crippen LogP contribution in [0.4, 0.5) is 5.69 Å². The summed E-state index contributed by atoms with van der Waals surface area (Å²) in [6, 6.07) is 0. The van der Waals surface area contributed by atoms with E-state index in [2.05, 4.69) is 36.8 Å². The fourth-order valence-corrected chi connectivity index (χ4v) is 2.57. The molecular weight excluding hydrogens is 300 g/mol. The van der Waals surface area contributed by atoms with E-state index in [0.717, 1.165) is 14.6 Å². The van der Waals surface area contributed by atoms with E-state index in [4.69, 9.17) is 5.11 Å². The number of halogens is 2. The first kappa shape index (κ1) is 10.9. The van der Waals surface area contributed by atoms with Crippen molar-refractivity contribution in [2.45, 2.75) is 0 Å². The zero-order valence-corrected chi connectivity index (χ0v) is 10.3. The summed E-state index contributed by atoms with van der Waals surface area (Å²) in [5, 5.41) is 8.79. The lowest BCUT2D eigenvalue weighted by atomic mass is 10.3. The lowest BCUT2D eigenvalue weighted by molar-refractivity contribution is 0.304. The van der Waals surface area contributed by atoms with Gasteiger partial charge in [0.05, 0.1) is 21.2 Å². The topological polar surface area (TPSA) is 36.4 Å². The maximum atomic E-state index is 8.79. The average Bonchev–Trinajstić information content (AvgIpc) is 2.04. The summed E-state index contributed by atoms with van der Waals surface area (Å²) in [5.74, 6) is 0. The van der Waals surface area contributed by atoms with E-state index in [1.54, 1.807) is 12.4 Å². The third-order valence-corrected chi connectivity index (χ3v) is 2.81. The van der Waals surface area contributed by atoms with E-state index in [1.165, 1.54) is 0 Å². The molecule has 0 saturated heterocycles. The molecule has 0 saturated carbocycles. The number of nitrogens with zero attached hydrogens (tertiary/aromatic N) is 2. The van der Waals surface area contributed by atoms with E-state index in [1.807, 2.05) is 11.9 Å². The van der Waals surface area contributed by atoms with Crippen LogP contribution in [0.1, 0.15) is 0 Å². The number of aliphatic hydroxyl groups is 1.